The Hall–Kier alpha value is -1.02. The van der Waals surface area contributed by atoms with Crippen LogP contribution in [0.3, 0.4) is 0 Å². The third kappa shape index (κ3) is 13.1. The van der Waals surface area contributed by atoms with Crippen LogP contribution in [0.4, 0.5) is 0 Å². The smallest absolute Gasteiger partial charge is 0.113 e. The lowest BCUT2D eigenvalue weighted by Gasteiger charge is -2.07. The summed E-state index contributed by atoms with van der Waals surface area (Å²) >= 11 is 0. The molecule has 0 unspecified atom stereocenters. The molecule has 0 aliphatic carbocycles. The average molecular weight is 327 g/mol. The van der Waals surface area contributed by atoms with Crippen molar-refractivity contribution in [2.75, 3.05) is 66.1 Å². The summed E-state index contributed by atoms with van der Waals surface area (Å²) in [6, 6.07) is 9.87. The highest BCUT2D eigenvalue weighted by molar-refractivity contribution is 5.19. The summed E-state index contributed by atoms with van der Waals surface area (Å²) in [6.45, 7) is 6.29. The predicted octanol–water partition coefficient (Wildman–Crippen LogP) is 1.27. The van der Waals surface area contributed by atoms with Crippen LogP contribution < -0.4 is 0 Å². The molecule has 1 N–H and O–H groups in total. The third-order valence-corrected chi connectivity index (χ3v) is 2.72. The Morgan fingerprint density at radius 1 is 0.652 bits per heavy atom. The van der Waals surface area contributed by atoms with Gasteiger partial charge in [-0.3, -0.25) is 0 Å². The monoisotopic (exact) mass is 327 g/mol. The Morgan fingerprint density at radius 2 is 1.13 bits per heavy atom. The Morgan fingerprint density at radius 3 is 1.65 bits per heavy atom. The van der Waals surface area contributed by atoms with Crippen LogP contribution in [0, 0.1) is 6.61 Å². The second kappa shape index (κ2) is 15.9. The summed E-state index contributed by atoms with van der Waals surface area (Å²) in [5.41, 5.74) is 1.04. The molecule has 0 heterocycles. The third-order valence-electron chi connectivity index (χ3n) is 2.72. The Bertz CT molecular complexity index is 346. The van der Waals surface area contributed by atoms with E-state index in [0.29, 0.717) is 59.5 Å². The van der Waals surface area contributed by atoms with E-state index in [0.717, 1.165) is 5.56 Å². The van der Waals surface area contributed by atoms with E-state index in [1.807, 2.05) is 30.3 Å². The van der Waals surface area contributed by atoms with Gasteiger partial charge in [-0.05, 0) is 5.56 Å². The molecular weight excluding hydrogens is 300 g/mol. The first-order chi connectivity index (χ1) is 11.4. The molecule has 1 rings (SSSR count). The summed E-state index contributed by atoms with van der Waals surface area (Å²) in [6.07, 6.45) is 0. The summed E-state index contributed by atoms with van der Waals surface area (Å²) < 4.78 is 26.5. The minimum absolute atomic E-state index is 0.0401. The summed E-state index contributed by atoms with van der Waals surface area (Å²) in [5, 5.41) is 8.50. The van der Waals surface area contributed by atoms with Crippen LogP contribution in [0.25, 0.3) is 0 Å². The highest BCUT2D eigenvalue weighted by Crippen LogP contribution is 2.02. The maximum Gasteiger partial charge on any atom is 0.113 e. The largest absolute Gasteiger partial charge is 0.394 e. The maximum absolute atomic E-state index is 8.50. The molecule has 0 fully saturated rings. The van der Waals surface area contributed by atoms with Gasteiger partial charge in [0.05, 0.1) is 66.1 Å². The van der Waals surface area contributed by atoms with Gasteiger partial charge in [0.1, 0.15) is 6.61 Å². The molecule has 131 valence electrons. The van der Waals surface area contributed by atoms with E-state index in [9.17, 15) is 0 Å². The Kier molecular flexibility index (Phi) is 13.8. The number of hydrogen-bond donors (Lipinski definition) is 1. The first-order valence-electron chi connectivity index (χ1n) is 7.85. The lowest BCUT2D eigenvalue weighted by molar-refractivity contribution is -0.00996. The normalized spacial score (nSPS) is 11.0. The highest BCUT2D eigenvalue weighted by atomic mass is 16.6. The predicted molar refractivity (Wildman–Crippen MR) is 86.2 cm³/mol. The van der Waals surface area contributed by atoms with E-state index in [1.165, 1.54) is 0 Å². The van der Waals surface area contributed by atoms with Crippen LogP contribution >= 0.6 is 0 Å². The van der Waals surface area contributed by atoms with Crippen LogP contribution in [-0.2, 0) is 23.7 Å². The molecule has 23 heavy (non-hydrogen) atoms. The number of hydrogen-bond acceptors (Lipinski definition) is 6. The number of rotatable bonds is 16. The first kappa shape index (κ1) is 20.0. The van der Waals surface area contributed by atoms with Gasteiger partial charge in [-0.1, -0.05) is 30.3 Å². The molecule has 1 aromatic rings. The lowest BCUT2D eigenvalue weighted by Crippen LogP contribution is -2.13. The molecule has 0 aromatic heterocycles. The van der Waals surface area contributed by atoms with E-state index in [4.69, 9.17) is 28.8 Å². The zero-order valence-electron chi connectivity index (χ0n) is 13.5. The van der Waals surface area contributed by atoms with Gasteiger partial charge in [0, 0.05) is 0 Å². The second-order valence-electron chi connectivity index (χ2n) is 4.57. The van der Waals surface area contributed by atoms with Crippen molar-refractivity contribution in [1.29, 1.82) is 0 Å². The molecule has 0 spiro atoms. The van der Waals surface area contributed by atoms with Crippen molar-refractivity contribution in [2.24, 2.45) is 0 Å². The second-order valence-corrected chi connectivity index (χ2v) is 4.57. The highest BCUT2D eigenvalue weighted by Gasteiger charge is 1.94. The topological polar surface area (TPSA) is 66.4 Å². The van der Waals surface area contributed by atoms with Crippen LogP contribution in [-0.4, -0.2) is 71.2 Å². The van der Waals surface area contributed by atoms with Gasteiger partial charge in [-0.2, -0.15) is 0 Å². The molecule has 6 nitrogen and oxygen atoms in total. The Balaban J connectivity index is 1.72. The van der Waals surface area contributed by atoms with E-state index < -0.39 is 0 Å². The average Bonchev–Trinajstić information content (AvgIpc) is 2.59. The fourth-order valence-corrected chi connectivity index (χ4v) is 1.62. The zero-order valence-corrected chi connectivity index (χ0v) is 13.5. The number of benzene rings is 1. The standard InChI is InChI=1S/C17H27O6/c18-6-7-19-8-9-20-10-11-21-12-13-22-14-15-23-16-17-4-2-1-3-5-17/h1-5,16,18H,6-15H2. The fourth-order valence-electron chi connectivity index (χ4n) is 1.62. The van der Waals surface area contributed by atoms with E-state index in [1.54, 1.807) is 6.61 Å². The molecule has 0 atom stereocenters. The van der Waals surface area contributed by atoms with Crippen molar-refractivity contribution < 1.29 is 28.8 Å². The molecule has 0 aliphatic heterocycles. The molecule has 0 amide bonds. The molecule has 0 aliphatic rings. The van der Waals surface area contributed by atoms with Crippen LogP contribution in [0.2, 0.25) is 0 Å². The fraction of sp³-hybridized carbons (Fsp3) is 0.588. The minimum Gasteiger partial charge on any atom is -0.394 e. The van der Waals surface area contributed by atoms with E-state index in [2.05, 4.69) is 0 Å². The summed E-state index contributed by atoms with van der Waals surface area (Å²) in [4.78, 5) is 0. The van der Waals surface area contributed by atoms with Gasteiger partial charge in [0.2, 0.25) is 0 Å². The number of ether oxygens (including phenoxy) is 5. The lowest BCUT2D eigenvalue weighted by atomic mass is 10.2. The van der Waals surface area contributed by atoms with Gasteiger partial charge < -0.3 is 28.8 Å². The van der Waals surface area contributed by atoms with Gasteiger partial charge in [-0.15, -0.1) is 0 Å². The van der Waals surface area contributed by atoms with Gasteiger partial charge >= 0.3 is 0 Å². The Labute approximate surface area is 138 Å². The number of aliphatic hydroxyl groups excluding tert-OH is 1. The van der Waals surface area contributed by atoms with Crippen molar-refractivity contribution in [3.05, 3.63) is 42.5 Å². The van der Waals surface area contributed by atoms with Crippen molar-refractivity contribution in [1.82, 2.24) is 0 Å². The van der Waals surface area contributed by atoms with Gasteiger partial charge in [0.15, 0.2) is 0 Å². The van der Waals surface area contributed by atoms with Gasteiger partial charge in [0.25, 0.3) is 0 Å². The van der Waals surface area contributed by atoms with E-state index >= 15 is 0 Å². The first-order valence-corrected chi connectivity index (χ1v) is 7.85. The van der Waals surface area contributed by atoms with E-state index in [-0.39, 0.29) is 6.61 Å². The maximum atomic E-state index is 8.50. The zero-order chi connectivity index (χ0) is 16.4. The van der Waals surface area contributed by atoms with Crippen molar-refractivity contribution in [3.63, 3.8) is 0 Å². The summed E-state index contributed by atoms with van der Waals surface area (Å²) in [5.74, 6) is 0. The molecule has 0 bridgehead atoms. The van der Waals surface area contributed by atoms with Gasteiger partial charge in [-0.25, -0.2) is 0 Å². The van der Waals surface area contributed by atoms with Crippen molar-refractivity contribution >= 4 is 0 Å². The van der Waals surface area contributed by atoms with Crippen LogP contribution in [0.1, 0.15) is 5.56 Å². The SMILES string of the molecule is OCCOCCOCCOCCOCCO[CH]c1ccccc1. The van der Waals surface area contributed by atoms with Crippen molar-refractivity contribution in [2.45, 2.75) is 0 Å². The molecule has 1 aromatic carbocycles. The van der Waals surface area contributed by atoms with Crippen LogP contribution in [0.5, 0.6) is 0 Å². The molecular formula is C17H27O6. The minimum atomic E-state index is 0.0401. The quantitative estimate of drug-likeness (QED) is 0.461. The molecule has 1 radical (unpaired) electrons. The number of aliphatic hydroxyl groups is 1. The van der Waals surface area contributed by atoms with Crippen LogP contribution in [0.15, 0.2) is 30.3 Å². The molecule has 6 heteroatoms. The van der Waals surface area contributed by atoms with Crippen molar-refractivity contribution in [3.8, 4) is 0 Å². The summed E-state index contributed by atoms with van der Waals surface area (Å²) in [7, 11) is 0. The molecule has 0 saturated carbocycles. The molecule has 0 saturated heterocycles.